The second-order valence-corrected chi connectivity index (χ2v) is 6.01. The molecule has 1 amide bonds. The molecule has 2 fully saturated rings. The van der Waals surface area contributed by atoms with Gasteiger partial charge in [-0.2, -0.15) is 0 Å². The van der Waals surface area contributed by atoms with Gasteiger partial charge in [-0.1, -0.05) is 0 Å². The Morgan fingerprint density at radius 3 is 3.15 bits per heavy atom. The fraction of sp³-hybridized carbons (Fsp3) is 0.467. The third kappa shape index (κ3) is 1.81. The zero-order valence-corrected chi connectivity index (χ0v) is 11.5. The Morgan fingerprint density at radius 2 is 2.40 bits per heavy atom. The first kappa shape index (κ1) is 11.9. The number of H-pyrrole nitrogens is 1. The van der Waals surface area contributed by atoms with Crippen LogP contribution >= 0.6 is 0 Å². The van der Waals surface area contributed by atoms with Crippen LogP contribution in [0.3, 0.4) is 0 Å². The minimum atomic E-state index is -0.0560. The fourth-order valence-corrected chi connectivity index (χ4v) is 3.57. The number of pyridine rings is 1. The van der Waals surface area contributed by atoms with Gasteiger partial charge in [0.05, 0.1) is 11.7 Å². The van der Waals surface area contributed by atoms with Crippen LogP contribution < -0.4 is 5.32 Å². The molecule has 0 spiro atoms. The van der Waals surface area contributed by atoms with Crippen LogP contribution in [0.2, 0.25) is 0 Å². The van der Waals surface area contributed by atoms with Gasteiger partial charge in [0.2, 0.25) is 0 Å². The topological polar surface area (TPSA) is 61.0 Å². The molecule has 4 unspecified atom stereocenters. The maximum atomic E-state index is 12.3. The summed E-state index contributed by atoms with van der Waals surface area (Å²) < 4.78 is 0. The van der Waals surface area contributed by atoms with E-state index in [-0.39, 0.29) is 11.9 Å². The number of nitrogens with zero attached hydrogens (tertiary/aromatic N) is 2. The predicted molar refractivity (Wildman–Crippen MR) is 76.5 cm³/mol. The summed E-state index contributed by atoms with van der Waals surface area (Å²) in [5.41, 5.74) is 1.46. The Labute approximate surface area is 117 Å². The van der Waals surface area contributed by atoms with Crippen molar-refractivity contribution in [2.45, 2.75) is 25.4 Å². The van der Waals surface area contributed by atoms with Crippen molar-refractivity contribution in [2.75, 3.05) is 13.1 Å². The standard InChI is InChI=1S/C15H18N4O/c1-9-4-11-7-19(9)8-14(11)18-15(20)12-5-10-2-3-16-13(10)6-17-12/h2-3,5-6,9,11,14,16H,4,7-8H2,1H3,(H,18,20). The van der Waals surface area contributed by atoms with Gasteiger partial charge in [-0.3, -0.25) is 9.69 Å². The maximum absolute atomic E-state index is 12.3. The number of aromatic nitrogens is 2. The number of carbonyl (C=O) groups excluding carboxylic acids is 1. The van der Waals surface area contributed by atoms with Gasteiger partial charge in [-0.15, -0.1) is 0 Å². The van der Waals surface area contributed by atoms with E-state index in [0.29, 0.717) is 17.7 Å². The maximum Gasteiger partial charge on any atom is 0.270 e. The number of aromatic amines is 1. The number of rotatable bonds is 2. The second-order valence-electron chi connectivity index (χ2n) is 6.01. The van der Waals surface area contributed by atoms with Gasteiger partial charge in [0.25, 0.3) is 5.91 Å². The molecule has 2 N–H and O–H groups in total. The quantitative estimate of drug-likeness (QED) is 0.867. The van der Waals surface area contributed by atoms with Crippen molar-refractivity contribution in [2.24, 2.45) is 5.92 Å². The van der Waals surface area contributed by atoms with Gasteiger partial charge in [0.15, 0.2) is 0 Å². The van der Waals surface area contributed by atoms with Crippen molar-refractivity contribution >= 4 is 16.8 Å². The van der Waals surface area contributed by atoms with E-state index in [4.69, 9.17) is 0 Å². The molecule has 104 valence electrons. The highest BCUT2D eigenvalue weighted by atomic mass is 16.2. The highest BCUT2D eigenvalue weighted by Gasteiger charge is 2.42. The number of piperidine rings is 1. The minimum Gasteiger partial charge on any atom is -0.360 e. The van der Waals surface area contributed by atoms with Crippen LogP contribution in [0, 0.1) is 5.92 Å². The largest absolute Gasteiger partial charge is 0.360 e. The van der Waals surface area contributed by atoms with Crippen molar-refractivity contribution in [3.63, 3.8) is 0 Å². The number of fused-ring (bicyclic) bond motifs is 3. The molecule has 4 rings (SSSR count). The molecule has 4 atom stereocenters. The molecule has 2 aromatic rings. The zero-order valence-electron chi connectivity index (χ0n) is 11.5. The molecular formula is C15H18N4O. The highest BCUT2D eigenvalue weighted by Crippen LogP contribution is 2.32. The lowest BCUT2D eigenvalue weighted by atomic mass is 9.96. The minimum absolute atomic E-state index is 0.0560. The number of nitrogens with one attached hydrogen (secondary N) is 2. The first-order valence-corrected chi connectivity index (χ1v) is 7.19. The predicted octanol–water partition coefficient (Wildman–Crippen LogP) is 1.39. The van der Waals surface area contributed by atoms with Crippen molar-refractivity contribution in [3.8, 4) is 0 Å². The number of hydrogen-bond donors (Lipinski definition) is 2. The van der Waals surface area contributed by atoms with Gasteiger partial charge < -0.3 is 10.3 Å². The van der Waals surface area contributed by atoms with Gasteiger partial charge in [-0.25, -0.2) is 4.98 Å². The lowest BCUT2D eigenvalue weighted by Crippen LogP contribution is -2.45. The summed E-state index contributed by atoms with van der Waals surface area (Å²) in [4.78, 5) is 22.1. The third-order valence-corrected chi connectivity index (χ3v) is 4.72. The van der Waals surface area contributed by atoms with Gasteiger partial charge >= 0.3 is 0 Å². The number of carbonyl (C=O) groups is 1. The van der Waals surface area contributed by atoms with Gasteiger partial charge in [-0.05, 0) is 31.4 Å². The number of amides is 1. The van der Waals surface area contributed by atoms with E-state index in [0.717, 1.165) is 24.0 Å². The molecule has 2 aliphatic heterocycles. The summed E-state index contributed by atoms with van der Waals surface area (Å²) in [5, 5.41) is 4.17. The van der Waals surface area contributed by atoms with Crippen LogP contribution in [-0.2, 0) is 0 Å². The van der Waals surface area contributed by atoms with Crippen molar-refractivity contribution in [1.82, 2.24) is 20.2 Å². The van der Waals surface area contributed by atoms with E-state index >= 15 is 0 Å². The zero-order chi connectivity index (χ0) is 13.7. The molecule has 0 saturated carbocycles. The van der Waals surface area contributed by atoms with E-state index in [2.05, 4.69) is 27.1 Å². The first-order chi connectivity index (χ1) is 9.70. The van der Waals surface area contributed by atoms with E-state index in [9.17, 15) is 4.79 Å². The molecule has 2 aromatic heterocycles. The molecule has 5 nitrogen and oxygen atoms in total. The lowest BCUT2D eigenvalue weighted by molar-refractivity contribution is 0.0914. The van der Waals surface area contributed by atoms with E-state index in [1.807, 2.05) is 18.3 Å². The Kier molecular flexibility index (Phi) is 2.57. The Morgan fingerprint density at radius 1 is 1.50 bits per heavy atom. The summed E-state index contributed by atoms with van der Waals surface area (Å²) in [5.74, 6) is 0.546. The van der Waals surface area contributed by atoms with E-state index < -0.39 is 0 Å². The molecular weight excluding hydrogens is 252 g/mol. The Balaban J connectivity index is 1.50. The summed E-state index contributed by atoms with van der Waals surface area (Å²) in [6, 6.07) is 4.75. The van der Waals surface area contributed by atoms with Gasteiger partial charge in [0, 0.05) is 36.8 Å². The van der Waals surface area contributed by atoms with Gasteiger partial charge in [0.1, 0.15) is 5.69 Å². The van der Waals surface area contributed by atoms with Crippen molar-refractivity contribution in [3.05, 3.63) is 30.2 Å². The smallest absolute Gasteiger partial charge is 0.270 e. The highest BCUT2D eigenvalue weighted by molar-refractivity contribution is 5.96. The van der Waals surface area contributed by atoms with E-state index in [1.165, 1.54) is 6.42 Å². The molecule has 2 aliphatic rings. The van der Waals surface area contributed by atoms with Crippen LogP contribution in [0.25, 0.3) is 10.9 Å². The van der Waals surface area contributed by atoms with Crippen LogP contribution in [0.5, 0.6) is 0 Å². The SMILES string of the molecule is CC1CC2CN1CC2NC(=O)c1cc2cc[nH]c2cn1. The average Bonchev–Trinajstić information content (AvgIpc) is 3.12. The molecule has 0 radical (unpaired) electrons. The van der Waals surface area contributed by atoms with Crippen molar-refractivity contribution < 1.29 is 4.79 Å². The lowest BCUT2D eigenvalue weighted by Gasteiger charge is -2.27. The van der Waals surface area contributed by atoms with Crippen LogP contribution in [0.1, 0.15) is 23.8 Å². The van der Waals surface area contributed by atoms with E-state index in [1.54, 1.807) is 6.20 Å². The fourth-order valence-electron chi connectivity index (χ4n) is 3.57. The normalized spacial score (nSPS) is 31.9. The summed E-state index contributed by atoms with van der Waals surface area (Å²) >= 11 is 0. The molecule has 2 saturated heterocycles. The van der Waals surface area contributed by atoms with Crippen LogP contribution in [0.15, 0.2) is 24.5 Å². The molecule has 2 bridgehead atoms. The summed E-state index contributed by atoms with van der Waals surface area (Å²) in [6.07, 6.45) is 4.77. The average molecular weight is 270 g/mol. The molecule has 0 aromatic carbocycles. The third-order valence-electron chi connectivity index (χ3n) is 4.72. The van der Waals surface area contributed by atoms with Crippen LogP contribution in [0.4, 0.5) is 0 Å². The summed E-state index contributed by atoms with van der Waals surface area (Å²) in [6.45, 7) is 4.36. The summed E-state index contributed by atoms with van der Waals surface area (Å²) in [7, 11) is 0. The number of hydrogen-bond acceptors (Lipinski definition) is 3. The molecule has 20 heavy (non-hydrogen) atoms. The first-order valence-electron chi connectivity index (χ1n) is 7.19. The van der Waals surface area contributed by atoms with Crippen LogP contribution in [-0.4, -0.2) is 45.9 Å². The monoisotopic (exact) mass is 270 g/mol. The molecule has 4 heterocycles. The second kappa shape index (κ2) is 4.31. The Bertz CT molecular complexity index is 663. The Hall–Kier alpha value is -1.88. The molecule has 0 aliphatic carbocycles. The van der Waals surface area contributed by atoms with Crippen molar-refractivity contribution in [1.29, 1.82) is 0 Å². The molecule has 5 heteroatoms.